The van der Waals surface area contributed by atoms with Crippen molar-refractivity contribution in [2.75, 3.05) is 0 Å². The second kappa shape index (κ2) is 7.87. The molecule has 4 nitrogen and oxygen atoms in total. The fraction of sp³-hybridized carbons (Fsp3) is 0.350. The molecule has 0 bridgehead atoms. The lowest BCUT2D eigenvalue weighted by Gasteiger charge is -2.37. The molecule has 0 saturated heterocycles. The van der Waals surface area contributed by atoms with Crippen LogP contribution in [0.4, 0.5) is 4.79 Å². The van der Waals surface area contributed by atoms with Crippen molar-refractivity contribution in [3.05, 3.63) is 69.7 Å². The molecule has 0 aliphatic carbocycles. The molecule has 0 aliphatic rings. The van der Waals surface area contributed by atoms with Gasteiger partial charge in [-0.15, -0.1) is 0 Å². The lowest BCUT2D eigenvalue weighted by molar-refractivity contribution is 0.0236. The van der Waals surface area contributed by atoms with E-state index in [9.17, 15) is 9.90 Å². The molecule has 0 aromatic heterocycles. The van der Waals surface area contributed by atoms with Gasteiger partial charge in [-0.1, -0.05) is 47.5 Å². The van der Waals surface area contributed by atoms with Crippen LogP contribution in [-0.2, 0) is 10.3 Å². The number of rotatable bonds is 4. The van der Waals surface area contributed by atoms with Crippen LogP contribution in [0.5, 0.6) is 0 Å². The second-order valence-electron chi connectivity index (χ2n) is 7.29. The lowest BCUT2D eigenvalue weighted by Crippen LogP contribution is -2.49. The third kappa shape index (κ3) is 5.13. The maximum Gasteiger partial charge on any atom is 0.408 e. The number of aliphatic hydroxyl groups is 1. The number of alkyl carbamates (subject to hydrolysis) is 1. The molecule has 26 heavy (non-hydrogen) atoms. The van der Waals surface area contributed by atoms with Crippen LogP contribution in [0.1, 0.15) is 44.9 Å². The Morgan fingerprint density at radius 3 is 2.19 bits per heavy atom. The zero-order valence-corrected chi connectivity index (χ0v) is 16.7. The van der Waals surface area contributed by atoms with Gasteiger partial charge in [-0.05, 0) is 63.1 Å². The standard InChI is InChI=1S/C20H23Cl2NO3/c1-19(2,3)26-18(25)23-20(4,14-8-10-15(21)11-9-14)17(24)13-6-5-7-16(22)12-13/h5-12,17,24H,1-4H3,(H,23,25)/t17-,20?/m0/s1. The van der Waals surface area contributed by atoms with E-state index in [4.69, 9.17) is 27.9 Å². The molecule has 0 saturated carbocycles. The largest absolute Gasteiger partial charge is 0.444 e. The van der Waals surface area contributed by atoms with E-state index in [1.807, 2.05) is 0 Å². The number of halogens is 2. The van der Waals surface area contributed by atoms with Crippen LogP contribution in [0.2, 0.25) is 10.0 Å². The monoisotopic (exact) mass is 395 g/mol. The molecule has 2 atom stereocenters. The molecule has 1 unspecified atom stereocenters. The summed E-state index contributed by atoms with van der Waals surface area (Å²) in [6.07, 6.45) is -1.69. The highest BCUT2D eigenvalue weighted by Gasteiger charge is 2.39. The Balaban J connectivity index is 2.43. The molecular formula is C20H23Cl2NO3. The Morgan fingerprint density at radius 1 is 1.04 bits per heavy atom. The number of carbonyl (C=O) groups excluding carboxylic acids is 1. The van der Waals surface area contributed by atoms with Crippen molar-refractivity contribution in [1.82, 2.24) is 5.32 Å². The van der Waals surface area contributed by atoms with Gasteiger partial charge in [0.15, 0.2) is 0 Å². The fourth-order valence-corrected chi connectivity index (χ4v) is 2.94. The van der Waals surface area contributed by atoms with Crippen LogP contribution in [0.15, 0.2) is 48.5 Å². The SMILES string of the molecule is CC(C)(C)OC(=O)NC(C)(c1ccc(Cl)cc1)[C@@H](O)c1cccc(Cl)c1. The van der Waals surface area contributed by atoms with Gasteiger partial charge in [-0.3, -0.25) is 0 Å². The molecule has 140 valence electrons. The maximum atomic E-state index is 12.4. The number of hydrogen-bond acceptors (Lipinski definition) is 3. The van der Waals surface area contributed by atoms with E-state index in [1.54, 1.807) is 76.2 Å². The highest BCUT2D eigenvalue weighted by atomic mass is 35.5. The van der Waals surface area contributed by atoms with Gasteiger partial charge in [0.05, 0.1) is 5.54 Å². The normalized spacial score (nSPS) is 15.0. The summed E-state index contributed by atoms with van der Waals surface area (Å²) >= 11 is 12.0. The summed E-state index contributed by atoms with van der Waals surface area (Å²) in [5.74, 6) is 0. The van der Waals surface area contributed by atoms with E-state index in [0.717, 1.165) is 0 Å². The second-order valence-corrected chi connectivity index (χ2v) is 8.17. The Kier molecular flexibility index (Phi) is 6.22. The van der Waals surface area contributed by atoms with Crippen molar-refractivity contribution in [3.63, 3.8) is 0 Å². The predicted octanol–water partition coefficient (Wildman–Crippen LogP) is 5.47. The van der Waals surface area contributed by atoms with E-state index in [0.29, 0.717) is 21.2 Å². The minimum Gasteiger partial charge on any atom is -0.444 e. The predicted molar refractivity (Wildman–Crippen MR) is 105 cm³/mol. The molecule has 1 amide bonds. The van der Waals surface area contributed by atoms with Crippen LogP contribution in [0.3, 0.4) is 0 Å². The fourth-order valence-electron chi connectivity index (χ4n) is 2.62. The summed E-state index contributed by atoms with van der Waals surface area (Å²) in [4.78, 5) is 12.4. The number of hydrogen-bond donors (Lipinski definition) is 2. The average molecular weight is 396 g/mol. The summed E-state index contributed by atoms with van der Waals surface area (Å²) in [7, 11) is 0. The molecule has 0 spiro atoms. The van der Waals surface area contributed by atoms with E-state index >= 15 is 0 Å². The Labute approximate surface area is 164 Å². The van der Waals surface area contributed by atoms with Gasteiger partial charge in [0.2, 0.25) is 0 Å². The molecule has 0 heterocycles. The minimum atomic E-state index is -1.16. The third-order valence-electron chi connectivity index (χ3n) is 3.92. The van der Waals surface area contributed by atoms with Crippen molar-refractivity contribution in [2.45, 2.75) is 44.9 Å². The van der Waals surface area contributed by atoms with Crippen molar-refractivity contribution >= 4 is 29.3 Å². The Hall–Kier alpha value is -1.75. The van der Waals surface area contributed by atoms with E-state index in [1.165, 1.54) is 0 Å². The van der Waals surface area contributed by atoms with Crippen LogP contribution in [-0.4, -0.2) is 16.8 Å². The molecule has 2 aromatic rings. The average Bonchev–Trinajstić information content (AvgIpc) is 2.52. The summed E-state index contributed by atoms with van der Waals surface area (Å²) in [6, 6.07) is 13.8. The van der Waals surface area contributed by atoms with Gasteiger partial charge in [-0.25, -0.2) is 4.79 Å². The van der Waals surface area contributed by atoms with Crippen molar-refractivity contribution < 1.29 is 14.6 Å². The zero-order chi connectivity index (χ0) is 19.5. The first kappa shape index (κ1) is 20.6. The van der Waals surface area contributed by atoms with Gasteiger partial charge >= 0.3 is 6.09 Å². The first-order valence-electron chi connectivity index (χ1n) is 8.22. The number of benzene rings is 2. The van der Waals surface area contributed by atoms with Gasteiger partial charge < -0.3 is 15.2 Å². The molecule has 0 radical (unpaired) electrons. The van der Waals surface area contributed by atoms with E-state index < -0.39 is 23.3 Å². The van der Waals surface area contributed by atoms with Gasteiger partial charge in [-0.2, -0.15) is 0 Å². The van der Waals surface area contributed by atoms with Crippen LogP contribution < -0.4 is 5.32 Å². The molecule has 6 heteroatoms. The maximum absolute atomic E-state index is 12.4. The quantitative estimate of drug-likeness (QED) is 0.721. The van der Waals surface area contributed by atoms with Crippen molar-refractivity contribution in [3.8, 4) is 0 Å². The summed E-state index contributed by atoms with van der Waals surface area (Å²) in [6.45, 7) is 7.06. The topological polar surface area (TPSA) is 58.6 Å². The molecule has 2 rings (SSSR count). The van der Waals surface area contributed by atoms with Crippen LogP contribution in [0.25, 0.3) is 0 Å². The number of ether oxygens (including phenoxy) is 1. The molecule has 0 aliphatic heterocycles. The van der Waals surface area contributed by atoms with Crippen molar-refractivity contribution in [1.29, 1.82) is 0 Å². The highest BCUT2D eigenvalue weighted by Crippen LogP contribution is 2.36. The molecule has 0 fully saturated rings. The smallest absolute Gasteiger partial charge is 0.408 e. The number of aliphatic hydroxyl groups excluding tert-OH is 1. The van der Waals surface area contributed by atoms with E-state index in [2.05, 4.69) is 5.32 Å². The Morgan fingerprint density at radius 2 is 1.65 bits per heavy atom. The van der Waals surface area contributed by atoms with Gasteiger partial charge in [0.1, 0.15) is 11.7 Å². The first-order valence-corrected chi connectivity index (χ1v) is 8.97. The summed E-state index contributed by atoms with van der Waals surface area (Å²) in [5, 5.41) is 14.9. The van der Waals surface area contributed by atoms with Crippen molar-refractivity contribution in [2.24, 2.45) is 0 Å². The third-order valence-corrected chi connectivity index (χ3v) is 4.40. The van der Waals surface area contributed by atoms with Crippen LogP contribution >= 0.6 is 23.2 Å². The van der Waals surface area contributed by atoms with Crippen LogP contribution in [0, 0.1) is 0 Å². The molecular weight excluding hydrogens is 373 g/mol. The molecule has 2 N–H and O–H groups in total. The summed E-state index contributed by atoms with van der Waals surface area (Å²) < 4.78 is 5.38. The first-order chi connectivity index (χ1) is 12.0. The molecule has 2 aromatic carbocycles. The lowest BCUT2D eigenvalue weighted by atomic mass is 9.83. The van der Waals surface area contributed by atoms with E-state index in [-0.39, 0.29) is 0 Å². The minimum absolute atomic E-state index is 0.497. The summed E-state index contributed by atoms with van der Waals surface area (Å²) in [5.41, 5.74) is -0.560. The number of nitrogens with one attached hydrogen (secondary N) is 1. The zero-order valence-electron chi connectivity index (χ0n) is 15.2. The van der Waals surface area contributed by atoms with Gasteiger partial charge in [0, 0.05) is 10.0 Å². The Bertz CT molecular complexity index is 771. The number of carbonyl (C=O) groups is 1. The highest BCUT2D eigenvalue weighted by molar-refractivity contribution is 6.30. The number of amides is 1. The van der Waals surface area contributed by atoms with Gasteiger partial charge in [0.25, 0.3) is 0 Å².